The number of rotatable bonds is 7. The van der Waals surface area contributed by atoms with Crippen molar-refractivity contribution in [1.82, 2.24) is 19.7 Å². The van der Waals surface area contributed by atoms with Crippen LogP contribution < -0.4 is 4.74 Å². The first kappa shape index (κ1) is 19.4. The van der Waals surface area contributed by atoms with Gasteiger partial charge in [-0.25, -0.2) is 0 Å². The fraction of sp³-hybridized carbons (Fsp3) is 0.125. The highest BCUT2D eigenvalue weighted by atomic mass is 32.2. The molecule has 0 amide bonds. The van der Waals surface area contributed by atoms with E-state index in [2.05, 4.69) is 33.0 Å². The second kappa shape index (κ2) is 8.65. The molecule has 31 heavy (non-hydrogen) atoms. The van der Waals surface area contributed by atoms with Crippen LogP contribution in [0.3, 0.4) is 0 Å². The van der Waals surface area contributed by atoms with E-state index in [-0.39, 0.29) is 0 Å². The van der Waals surface area contributed by atoms with E-state index in [1.807, 2.05) is 54.6 Å². The van der Waals surface area contributed by atoms with Gasteiger partial charge in [0.1, 0.15) is 11.5 Å². The summed E-state index contributed by atoms with van der Waals surface area (Å²) in [5, 5.41) is 10.9. The molecule has 7 heteroatoms. The van der Waals surface area contributed by atoms with Gasteiger partial charge >= 0.3 is 0 Å². The fourth-order valence-corrected chi connectivity index (χ4v) is 4.24. The van der Waals surface area contributed by atoms with Gasteiger partial charge in [0.25, 0.3) is 0 Å². The molecule has 0 aliphatic heterocycles. The summed E-state index contributed by atoms with van der Waals surface area (Å²) in [6, 6.07) is 24.0. The van der Waals surface area contributed by atoms with E-state index >= 15 is 0 Å². The topological polar surface area (TPSA) is 66.0 Å². The number of furan rings is 1. The maximum Gasteiger partial charge on any atom is 0.192 e. The monoisotopic (exact) mass is 428 g/mol. The quantitative estimate of drug-likeness (QED) is 0.322. The Morgan fingerprint density at radius 1 is 0.968 bits per heavy atom. The number of aromatic nitrogens is 4. The summed E-state index contributed by atoms with van der Waals surface area (Å²) in [4.78, 5) is 4.77. The van der Waals surface area contributed by atoms with Gasteiger partial charge in [0, 0.05) is 16.7 Å². The summed E-state index contributed by atoms with van der Waals surface area (Å²) < 4.78 is 13.0. The highest BCUT2D eigenvalue weighted by Gasteiger charge is 2.17. The van der Waals surface area contributed by atoms with Crippen molar-refractivity contribution in [3.05, 3.63) is 90.5 Å². The standard InChI is InChI=1S/C24H20N4O2S/c1-29-20-8-4-7-18(14-20)23-26-27-24(28(23)15-21-9-5-13-30-21)31-16-19-12-11-17-6-2-3-10-22(17)25-19/h2-14H,15-16H2,1H3. The van der Waals surface area contributed by atoms with E-state index in [0.717, 1.165) is 44.7 Å². The molecule has 0 unspecified atom stereocenters. The van der Waals surface area contributed by atoms with Gasteiger partial charge in [-0.1, -0.05) is 48.2 Å². The van der Waals surface area contributed by atoms with E-state index in [1.54, 1.807) is 25.1 Å². The van der Waals surface area contributed by atoms with E-state index in [9.17, 15) is 0 Å². The van der Waals surface area contributed by atoms with Gasteiger partial charge in [0.15, 0.2) is 11.0 Å². The summed E-state index contributed by atoms with van der Waals surface area (Å²) in [6.45, 7) is 0.542. The maximum atomic E-state index is 5.59. The molecular weight excluding hydrogens is 408 g/mol. The summed E-state index contributed by atoms with van der Waals surface area (Å²) in [5.74, 6) is 3.08. The fourth-order valence-electron chi connectivity index (χ4n) is 3.40. The van der Waals surface area contributed by atoms with Crippen LogP contribution in [0.4, 0.5) is 0 Å². The number of pyridine rings is 1. The van der Waals surface area contributed by atoms with Crippen LogP contribution in [0.1, 0.15) is 11.5 Å². The molecule has 5 rings (SSSR count). The molecule has 0 saturated carbocycles. The number of para-hydroxylation sites is 1. The van der Waals surface area contributed by atoms with Crippen molar-refractivity contribution in [3.63, 3.8) is 0 Å². The van der Waals surface area contributed by atoms with Gasteiger partial charge in [0.05, 0.1) is 31.1 Å². The van der Waals surface area contributed by atoms with Gasteiger partial charge in [0.2, 0.25) is 0 Å². The smallest absolute Gasteiger partial charge is 0.192 e. The van der Waals surface area contributed by atoms with Gasteiger partial charge in [-0.15, -0.1) is 10.2 Å². The zero-order chi connectivity index (χ0) is 21.0. The van der Waals surface area contributed by atoms with E-state index in [0.29, 0.717) is 12.3 Å². The van der Waals surface area contributed by atoms with Crippen LogP contribution in [-0.4, -0.2) is 26.9 Å². The number of nitrogens with zero attached hydrogens (tertiary/aromatic N) is 4. The van der Waals surface area contributed by atoms with Crippen molar-refractivity contribution in [1.29, 1.82) is 0 Å². The molecule has 0 bridgehead atoms. The van der Waals surface area contributed by atoms with Crippen molar-refractivity contribution in [2.75, 3.05) is 7.11 Å². The Kier molecular flexibility index (Phi) is 5.41. The first-order chi connectivity index (χ1) is 15.3. The highest BCUT2D eigenvalue weighted by molar-refractivity contribution is 7.98. The summed E-state index contributed by atoms with van der Waals surface area (Å²) in [6.07, 6.45) is 1.68. The molecule has 0 aliphatic rings. The van der Waals surface area contributed by atoms with E-state index in [4.69, 9.17) is 14.1 Å². The number of hydrogen-bond donors (Lipinski definition) is 0. The number of ether oxygens (including phenoxy) is 1. The van der Waals surface area contributed by atoms with E-state index < -0.39 is 0 Å². The van der Waals surface area contributed by atoms with Crippen LogP contribution in [0.5, 0.6) is 5.75 Å². The van der Waals surface area contributed by atoms with Crippen molar-refractivity contribution in [2.24, 2.45) is 0 Å². The molecule has 5 aromatic rings. The summed E-state index contributed by atoms with van der Waals surface area (Å²) >= 11 is 1.61. The molecular formula is C24H20N4O2S. The predicted molar refractivity (Wildman–Crippen MR) is 121 cm³/mol. The second-order valence-corrected chi connectivity index (χ2v) is 7.93. The number of methoxy groups -OCH3 is 1. The van der Waals surface area contributed by atoms with Crippen LogP contribution in [-0.2, 0) is 12.3 Å². The largest absolute Gasteiger partial charge is 0.497 e. The predicted octanol–water partition coefficient (Wildman–Crippen LogP) is 5.44. The van der Waals surface area contributed by atoms with Gasteiger partial charge in [-0.2, -0.15) is 0 Å². The number of fused-ring (bicyclic) bond motifs is 1. The molecule has 2 aromatic carbocycles. The van der Waals surface area contributed by atoms with Crippen LogP contribution in [0.15, 0.2) is 88.6 Å². The first-order valence-electron chi connectivity index (χ1n) is 9.87. The lowest BCUT2D eigenvalue weighted by Gasteiger charge is -2.10. The Morgan fingerprint density at radius 3 is 2.77 bits per heavy atom. The normalized spacial score (nSPS) is 11.1. The van der Waals surface area contributed by atoms with Crippen molar-refractivity contribution in [2.45, 2.75) is 17.5 Å². The molecule has 0 radical (unpaired) electrons. The second-order valence-electron chi connectivity index (χ2n) is 6.99. The molecule has 3 heterocycles. The molecule has 3 aromatic heterocycles. The minimum Gasteiger partial charge on any atom is -0.497 e. The third kappa shape index (κ3) is 4.18. The Balaban J connectivity index is 1.46. The van der Waals surface area contributed by atoms with Crippen LogP contribution >= 0.6 is 11.8 Å². The van der Waals surface area contributed by atoms with Crippen LogP contribution in [0.25, 0.3) is 22.3 Å². The Morgan fingerprint density at radius 2 is 1.90 bits per heavy atom. The Labute approximate surface area is 183 Å². The molecule has 0 saturated heterocycles. The minimum absolute atomic E-state index is 0.542. The SMILES string of the molecule is COc1cccc(-c2nnc(SCc3ccc4ccccc4n3)n2Cc2ccco2)c1. The van der Waals surface area contributed by atoms with Crippen molar-refractivity contribution in [3.8, 4) is 17.1 Å². The molecule has 154 valence electrons. The molecule has 0 spiro atoms. The lowest BCUT2D eigenvalue weighted by molar-refractivity contribution is 0.415. The third-order valence-corrected chi connectivity index (χ3v) is 5.94. The molecule has 0 atom stereocenters. The molecule has 6 nitrogen and oxygen atoms in total. The molecule has 0 aliphatic carbocycles. The minimum atomic E-state index is 0.542. The Hall–Kier alpha value is -3.58. The van der Waals surface area contributed by atoms with Gasteiger partial charge in [-0.05, 0) is 36.4 Å². The number of hydrogen-bond acceptors (Lipinski definition) is 6. The number of benzene rings is 2. The molecule has 0 fully saturated rings. The van der Waals surface area contributed by atoms with E-state index in [1.165, 1.54) is 0 Å². The average Bonchev–Trinajstić information content (AvgIpc) is 3.48. The highest BCUT2D eigenvalue weighted by Crippen LogP contribution is 2.29. The van der Waals surface area contributed by atoms with Crippen LogP contribution in [0, 0.1) is 0 Å². The first-order valence-corrected chi connectivity index (χ1v) is 10.9. The van der Waals surface area contributed by atoms with Crippen molar-refractivity contribution < 1.29 is 9.15 Å². The van der Waals surface area contributed by atoms with Gasteiger partial charge in [-0.3, -0.25) is 9.55 Å². The van der Waals surface area contributed by atoms with Crippen molar-refractivity contribution >= 4 is 22.7 Å². The average molecular weight is 429 g/mol. The summed E-state index contributed by atoms with van der Waals surface area (Å²) in [5.41, 5.74) is 2.93. The lowest BCUT2D eigenvalue weighted by Crippen LogP contribution is -2.04. The lowest BCUT2D eigenvalue weighted by atomic mass is 10.2. The zero-order valence-electron chi connectivity index (χ0n) is 16.9. The zero-order valence-corrected chi connectivity index (χ0v) is 17.7. The third-order valence-electron chi connectivity index (χ3n) is 4.94. The Bertz CT molecular complexity index is 1310. The summed E-state index contributed by atoms with van der Waals surface area (Å²) in [7, 11) is 1.66. The number of thioether (sulfide) groups is 1. The van der Waals surface area contributed by atoms with Gasteiger partial charge < -0.3 is 9.15 Å². The van der Waals surface area contributed by atoms with Crippen LogP contribution in [0.2, 0.25) is 0 Å². The molecule has 0 N–H and O–H groups in total. The maximum absolute atomic E-state index is 5.59.